The molecule has 0 N–H and O–H groups in total. The SMILES string of the molecule is CN(C)CC1CN(c2ccc3nnc(C4CC4)n3n2)CCO1. The Morgan fingerprint density at radius 2 is 2.14 bits per heavy atom. The molecule has 1 saturated heterocycles. The van der Waals surface area contributed by atoms with Gasteiger partial charge in [0.15, 0.2) is 11.5 Å². The first-order chi connectivity index (χ1) is 10.7. The highest BCUT2D eigenvalue weighted by Gasteiger charge is 2.30. The zero-order valence-electron chi connectivity index (χ0n) is 13.1. The van der Waals surface area contributed by atoms with Gasteiger partial charge in [-0.25, -0.2) is 0 Å². The molecular weight excluding hydrogens is 280 g/mol. The molecule has 2 aromatic heterocycles. The predicted octanol–water partition coefficient (Wildman–Crippen LogP) is 0.768. The molecule has 4 rings (SSSR count). The molecule has 22 heavy (non-hydrogen) atoms. The Morgan fingerprint density at radius 3 is 2.91 bits per heavy atom. The van der Waals surface area contributed by atoms with E-state index < -0.39 is 0 Å². The fourth-order valence-electron chi connectivity index (χ4n) is 3.01. The summed E-state index contributed by atoms with van der Waals surface area (Å²) in [5.41, 5.74) is 0.837. The van der Waals surface area contributed by atoms with Crippen LogP contribution in [0.5, 0.6) is 0 Å². The lowest BCUT2D eigenvalue weighted by atomic mass is 10.2. The maximum absolute atomic E-state index is 5.84. The van der Waals surface area contributed by atoms with E-state index in [-0.39, 0.29) is 6.10 Å². The van der Waals surface area contributed by atoms with E-state index in [0.29, 0.717) is 5.92 Å². The van der Waals surface area contributed by atoms with Crippen LogP contribution in [-0.2, 0) is 4.74 Å². The van der Waals surface area contributed by atoms with Crippen molar-refractivity contribution in [1.29, 1.82) is 0 Å². The van der Waals surface area contributed by atoms with Gasteiger partial charge in [-0.3, -0.25) is 0 Å². The van der Waals surface area contributed by atoms with Crippen LogP contribution in [-0.4, -0.2) is 71.2 Å². The Balaban J connectivity index is 1.58. The van der Waals surface area contributed by atoms with Crippen molar-refractivity contribution < 1.29 is 4.74 Å². The molecule has 2 fully saturated rings. The van der Waals surface area contributed by atoms with Crippen LogP contribution in [0.15, 0.2) is 12.1 Å². The van der Waals surface area contributed by atoms with Gasteiger partial charge in [-0.1, -0.05) is 0 Å². The maximum Gasteiger partial charge on any atom is 0.178 e. The summed E-state index contributed by atoms with van der Waals surface area (Å²) in [6.45, 7) is 3.43. The van der Waals surface area contributed by atoms with Gasteiger partial charge in [-0.2, -0.15) is 4.52 Å². The molecule has 1 saturated carbocycles. The lowest BCUT2D eigenvalue weighted by Crippen LogP contribution is -2.46. The number of ether oxygens (including phenoxy) is 1. The highest BCUT2D eigenvalue weighted by Crippen LogP contribution is 2.38. The molecule has 0 spiro atoms. The highest BCUT2D eigenvalue weighted by molar-refractivity contribution is 5.46. The van der Waals surface area contributed by atoms with Crippen LogP contribution < -0.4 is 4.90 Å². The first-order valence-electron chi connectivity index (χ1n) is 7.94. The molecule has 1 atom stereocenters. The summed E-state index contributed by atoms with van der Waals surface area (Å²) in [5.74, 6) is 2.54. The Morgan fingerprint density at radius 1 is 1.27 bits per heavy atom. The van der Waals surface area contributed by atoms with Gasteiger partial charge in [-0.05, 0) is 39.1 Å². The fraction of sp³-hybridized carbons (Fsp3) is 0.667. The van der Waals surface area contributed by atoms with Gasteiger partial charge >= 0.3 is 0 Å². The van der Waals surface area contributed by atoms with E-state index in [0.717, 1.165) is 43.5 Å². The quantitative estimate of drug-likeness (QED) is 0.831. The third-order valence-corrected chi connectivity index (χ3v) is 4.25. The zero-order chi connectivity index (χ0) is 15.1. The number of morpholine rings is 1. The molecule has 0 aromatic carbocycles. The van der Waals surface area contributed by atoms with Gasteiger partial charge < -0.3 is 14.5 Å². The van der Waals surface area contributed by atoms with E-state index in [1.165, 1.54) is 12.8 Å². The van der Waals surface area contributed by atoms with E-state index in [4.69, 9.17) is 9.84 Å². The molecule has 2 aliphatic rings. The van der Waals surface area contributed by atoms with Gasteiger partial charge in [0, 0.05) is 25.6 Å². The summed E-state index contributed by atoms with van der Waals surface area (Å²) < 4.78 is 7.76. The Kier molecular flexibility index (Phi) is 3.46. The van der Waals surface area contributed by atoms with Crippen LogP contribution in [0.1, 0.15) is 24.6 Å². The van der Waals surface area contributed by atoms with Crippen molar-refractivity contribution in [2.45, 2.75) is 24.9 Å². The Hall–Kier alpha value is -1.73. The average molecular weight is 302 g/mol. The monoisotopic (exact) mass is 302 g/mol. The van der Waals surface area contributed by atoms with E-state index in [1.54, 1.807) is 0 Å². The third-order valence-electron chi connectivity index (χ3n) is 4.25. The normalized spacial score (nSPS) is 22.7. The number of hydrogen-bond donors (Lipinski definition) is 0. The van der Waals surface area contributed by atoms with Crippen LogP contribution in [0.4, 0.5) is 5.82 Å². The number of likely N-dealkylation sites (N-methyl/N-ethyl adjacent to an activating group) is 1. The summed E-state index contributed by atoms with van der Waals surface area (Å²) in [4.78, 5) is 4.46. The molecule has 3 heterocycles. The van der Waals surface area contributed by atoms with Crippen LogP contribution >= 0.6 is 0 Å². The van der Waals surface area contributed by atoms with Crippen LogP contribution in [0.25, 0.3) is 5.65 Å². The second-order valence-electron chi connectivity index (χ2n) is 6.50. The van der Waals surface area contributed by atoms with Crippen LogP contribution in [0.2, 0.25) is 0 Å². The average Bonchev–Trinajstić information content (AvgIpc) is 3.26. The predicted molar refractivity (Wildman–Crippen MR) is 83.3 cm³/mol. The molecule has 1 unspecified atom stereocenters. The van der Waals surface area contributed by atoms with E-state index in [2.05, 4.69) is 34.1 Å². The third kappa shape index (κ3) is 2.66. The smallest absolute Gasteiger partial charge is 0.178 e. The second kappa shape index (κ2) is 5.48. The van der Waals surface area contributed by atoms with Gasteiger partial charge in [0.05, 0.1) is 12.7 Å². The lowest BCUT2D eigenvalue weighted by molar-refractivity contribution is 0.0245. The zero-order valence-corrected chi connectivity index (χ0v) is 13.1. The topological polar surface area (TPSA) is 58.8 Å². The van der Waals surface area contributed by atoms with Gasteiger partial charge in [0.25, 0.3) is 0 Å². The molecule has 7 heteroatoms. The largest absolute Gasteiger partial charge is 0.373 e. The second-order valence-corrected chi connectivity index (χ2v) is 6.50. The summed E-state index contributed by atoms with van der Waals surface area (Å²) in [7, 11) is 4.15. The van der Waals surface area contributed by atoms with Gasteiger partial charge in [-0.15, -0.1) is 15.3 Å². The summed E-state index contributed by atoms with van der Waals surface area (Å²) in [6, 6.07) is 4.05. The summed E-state index contributed by atoms with van der Waals surface area (Å²) in [6.07, 6.45) is 2.63. The molecule has 7 nitrogen and oxygen atoms in total. The molecule has 0 amide bonds. The minimum atomic E-state index is 0.227. The standard InChI is InChI=1S/C15H22N6O/c1-19(2)9-12-10-20(7-8-22-12)14-6-5-13-16-17-15(11-3-4-11)21(13)18-14/h5-6,11-12H,3-4,7-10H2,1-2H3. The van der Waals surface area contributed by atoms with Gasteiger partial charge in [0.2, 0.25) is 0 Å². The molecule has 1 aliphatic carbocycles. The number of rotatable bonds is 4. The van der Waals surface area contributed by atoms with Crippen LogP contribution in [0, 0.1) is 0 Å². The number of nitrogens with zero attached hydrogens (tertiary/aromatic N) is 6. The molecule has 118 valence electrons. The number of fused-ring (bicyclic) bond motifs is 1. The van der Waals surface area contributed by atoms with Crippen molar-refractivity contribution in [1.82, 2.24) is 24.7 Å². The molecule has 1 aliphatic heterocycles. The van der Waals surface area contributed by atoms with Crippen molar-refractivity contribution >= 4 is 11.5 Å². The Labute approximate surface area is 129 Å². The summed E-state index contributed by atoms with van der Waals surface area (Å²) in [5, 5.41) is 13.3. The van der Waals surface area contributed by atoms with Crippen molar-refractivity contribution in [3.05, 3.63) is 18.0 Å². The minimum absolute atomic E-state index is 0.227. The first-order valence-corrected chi connectivity index (χ1v) is 7.94. The maximum atomic E-state index is 5.84. The van der Waals surface area contributed by atoms with E-state index in [1.807, 2.05) is 16.6 Å². The molecule has 0 bridgehead atoms. The number of anilines is 1. The van der Waals surface area contributed by atoms with Crippen molar-refractivity contribution in [2.24, 2.45) is 0 Å². The Bertz CT molecular complexity index is 665. The molecule has 2 aromatic rings. The van der Waals surface area contributed by atoms with Crippen molar-refractivity contribution in [2.75, 3.05) is 45.2 Å². The van der Waals surface area contributed by atoms with Crippen molar-refractivity contribution in [3.63, 3.8) is 0 Å². The molecule has 0 radical (unpaired) electrons. The van der Waals surface area contributed by atoms with E-state index >= 15 is 0 Å². The van der Waals surface area contributed by atoms with E-state index in [9.17, 15) is 0 Å². The number of aromatic nitrogens is 4. The van der Waals surface area contributed by atoms with Gasteiger partial charge in [0.1, 0.15) is 5.82 Å². The lowest BCUT2D eigenvalue weighted by Gasteiger charge is -2.34. The number of hydrogen-bond acceptors (Lipinski definition) is 6. The molecular formula is C15H22N6O. The fourth-order valence-corrected chi connectivity index (χ4v) is 3.01. The highest BCUT2D eigenvalue weighted by atomic mass is 16.5. The first kappa shape index (κ1) is 13.9. The summed E-state index contributed by atoms with van der Waals surface area (Å²) >= 11 is 0. The minimum Gasteiger partial charge on any atom is -0.373 e. The van der Waals surface area contributed by atoms with Crippen molar-refractivity contribution in [3.8, 4) is 0 Å². The van der Waals surface area contributed by atoms with Crippen LogP contribution in [0.3, 0.4) is 0 Å².